The Balaban J connectivity index is 1.59. The van der Waals surface area contributed by atoms with Gasteiger partial charge in [0.2, 0.25) is 0 Å². The minimum absolute atomic E-state index is 0.632. The van der Waals surface area contributed by atoms with Gasteiger partial charge < -0.3 is 4.74 Å². The van der Waals surface area contributed by atoms with Crippen LogP contribution in [0.2, 0.25) is 0 Å². The monoisotopic (exact) mass is 314 g/mol. The van der Waals surface area contributed by atoms with Gasteiger partial charge in [0.25, 0.3) is 0 Å². The highest BCUT2D eigenvalue weighted by atomic mass is 32.2. The molecule has 0 bridgehead atoms. The summed E-state index contributed by atoms with van der Waals surface area (Å²) in [6.45, 7) is 2.32. The number of benzene rings is 2. The molecule has 0 radical (unpaired) electrons. The Morgan fingerprint density at radius 1 is 0.909 bits per heavy atom. The summed E-state index contributed by atoms with van der Waals surface area (Å²) >= 11 is 1.97. The van der Waals surface area contributed by atoms with Crippen molar-refractivity contribution in [2.45, 2.75) is 43.4 Å². The number of unbranched alkanes of at least 4 members (excludes halogenated alkanes) is 2. The topological polar surface area (TPSA) is 9.23 Å². The second kappa shape index (κ2) is 9.58. The van der Waals surface area contributed by atoms with Crippen LogP contribution in [0.25, 0.3) is 0 Å². The summed E-state index contributed by atoms with van der Waals surface area (Å²) in [5, 5.41) is 0. The second-order valence-electron chi connectivity index (χ2n) is 5.69. The molecule has 2 aromatic carbocycles. The van der Waals surface area contributed by atoms with Crippen molar-refractivity contribution >= 4 is 11.8 Å². The average molecular weight is 314 g/mol. The zero-order chi connectivity index (χ0) is 15.6. The summed E-state index contributed by atoms with van der Waals surface area (Å²) in [6.07, 6.45) is 5.19. The van der Waals surface area contributed by atoms with Crippen LogP contribution in [0.1, 0.15) is 44.1 Å². The maximum absolute atomic E-state index is 5.21. The Morgan fingerprint density at radius 3 is 2.32 bits per heavy atom. The Labute approximate surface area is 139 Å². The van der Waals surface area contributed by atoms with Crippen LogP contribution in [-0.2, 0) is 0 Å². The van der Waals surface area contributed by atoms with Crippen LogP contribution in [0, 0.1) is 0 Å². The molecule has 0 heterocycles. The third-order valence-electron chi connectivity index (χ3n) is 3.98. The molecule has 22 heavy (non-hydrogen) atoms. The molecule has 1 atom stereocenters. The van der Waals surface area contributed by atoms with Crippen LogP contribution in [0.15, 0.2) is 59.5 Å². The largest absolute Gasteiger partial charge is 0.497 e. The van der Waals surface area contributed by atoms with Crippen LogP contribution >= 0.6 is 11.8 Å². The fourth-order valence-electron chi connectivity index (χ4n) is 2.54. The molecule has 1 unspecified atom stereocenters. The lowest BCUT2D eigenvalue weighted by molar-refractivity contribution is 0.414. The Kier molecular flexibility index (Phi) is 7.38. The van der Waals surface area contributed by atoms with Crippen molar-refractivity contribution < 1.29 is 4.74 Å². The van der Waals surface area contributed by atoms with Crippen molar-refractivity contribution in [1.82, 2.24) is 0 Å². The second-order valence-corrected chi connectivity index (χ2v) is 6.85. The molecule has 0 saturated heterocycles. The van der Waals surface area contributed by atoms with E-state index in [0.717, 1.165) is 5.75 Å². The first-order valence-corrected chi connectivity index (χ1v) is 9.10. The van der Waals surface area contributed by atoms with E-state index in [9.17, 15) is 0 Å². The molecule has 0 aliphatic rings. The summed E-state index contributed by atoms with van der Waals surface area (Å²) in [5.74, 6) is 2.79. The van der Waals surface area contributed by atoms with Crippen molar-refractivity contribution in [3.05, 3.63) is 60.2 Å². The summed E-state index contributed by atoms with van der Waals surface area (Å²) in [4.78, 5) is 1.38. The first kappa shape index (κ1) is 17.0. The van der Waals surface area contributed by atoms with E-state index >= 15 is 0 Å². The van der Waals surface area contributed by atoms with Crippen LogP contribution < -0.4 is 4.74 Å². The van der Waals surface area contributed by atoms with Gasteiger partial charge in [0.1, 0.15) is 5.75 Å². The lowest BCUT2D eigenvalue weighted by atomic mass is 9.95. The highest BCUT2D eigenvalue weighted by molar-refractivity contribution is 7.99. The van der Waals surface area contributed by atoms with Gasteiger partial charge >= 0.3 is 0 Å². The summed E-state index contributed by atoms with van der Waals surface area (Å²) in [5.41, 5.74) is 1.42. The van der Waals surface area contributed by atoms with E-state index in [-0.39, 0.29) is 0 Å². The van der Waals surface area contributed by atoms with E-state index in [2.05, 4.69) is 61.5 Å². The highest BCUT2D eigenvalue weighted by Crippen LogP contribution is 2.25. The minimum atomic E-state index is 0.632. The average Bonchev–Trinajstić information content (AvgIpc) is 2.58. The summed E-state index contributed by atoms with van der Waals surface area (Å²) in [7, 11) is 1.71. The molecular formula is C20H26OS. The smallest absolute Gasteiger partial charge is 0.118 e. The standard InChI is InChI=1S/C20H26OS/c1-17(18-12-14-19(21-2)15-13-18)9-5-4-8-16-22-20-10-6-3-7-11-20/h3,6-7,10-15,17H,4-5,8-9,16H2,1-2H3. The van der Waals surface area contributed by atoms with Crippen LogP contribution in [0.4, 0.5) is 0 Å². The van der Waals surface area contributed by atoms with Crippen molar-refractivity contribution in [3.63, 3.8) is 0 Å². The molecule has 0 spiro atoms. The predicted molar refractivity (Wildman–Crippen MR) is 97.0 cm³/mol. The molecule has 1 nitrogen and oxygen atoms in total. The Bertz CT molecular complexity index is 521. The number of hydrogen-bond acceptors (Lipinski definition) is 2. The molecule has 0 aromatic heterocycles. The quantitative estimate of drug-likeness (QED) is 0.405. The van der Waals surface area contributed by atoms with Gasteiger partial charge in [0, 0.05) is 4.90 Å². The molecule has 0 saturated carbocycles. The van der Waals surface area contributed by atoms with Gasteiger partial charge in [-0.15, -0.1) is 11.8 Å². The minimum Gasteiger partial charge on any atom is -0.497 e. The molecule has 118 valence electrons. The number of ether oxygens (including phenoxy) is 1. The van der Waals surface area contributed by atoms with E-state index in [1.807, 2.05) is 11.8 Å². The van der Waals surface area contributed by atoms with E-state index in [0.29, 0.717) is 5.92 Å². The molecule has 2 rings (SSSR count). The van der Waals surface area contributed by atoms with Gasteiger partial charge in [-0.1, -0.05) is 50.1 Å². The van der Waals surface area contributed by atoms with E-state index in [4.69, 9.17) is 4.74 Å². The van der Waals surface area contributed by atoms with Gasteiger partial charge in [-0.05, 0) is 54.3 Å². The van der Waals surface area contributed by atoms with Crippen LogP contribution in [0.5, 0.6) is 5.75 Å². The first-order valence-electron chi connectivity index (χ1n) is 8.11. The van der Waals surface area contributed by atoms with Crippen molar-refractivity contribution in [2.75, 3.05) is 12.9 Å². The lowest BCUT2D eigenvalue weighted by Crippen LogP contribution is -1.94. The molecule has 2 aromatic rings. The van der Waals surface area contributed by atoms with Gasteiger partial charge in [0.15, 0.2) is 0 Å². The fraction of sp³-hybridized carbons (Fsp3) is 0.400. The molecule has 0 fully saturated rings. The maximum atomic E-state index is 5.21. The number of thioether (sulfide) groups is 1. The Morgan fingerprint density at radius 2 is 1.64 bits per heavy atom. The SMILES string of the molecule is COc1ccc(C(C)CCCCCSc2ccccc2)cc1. The van der Waals surface area contributed by atoms with Crippen LogP contribution in [0.3, 0.4) is 0 Å². The highest BCUT2D eigenvalue weighted by Gasteiger charge is 2.05. The summed E-state index contributed by atoms with van der Waals surface area (Å²) < 4.78 is 5.21. The van der Waals surface area contributed by atoms with E-state index in [1.54, 1.807) is 7.11 Å². The van der Waals surface area contributed by atoms with E-state index in [1.165, 1.54) is 41.9 Å². The number of methoxy groups -OCH3 is 1. The van der Waals surface area contributed by atoms with Gasteiger partial charge in [0.05, 0.1) is 7.11 Å². The molecule has 0 aliphatic heterocycles. The third kappa shape index (κ3) is 5.76. The predicted octanol–water partition coefficient (Wildman–Crippen LogP) is 6.15. The van der Waals surface area contributed by atoms with Crippen molar-refractivity contribution in [3.8, 4) is 5.75 Å². The van der Waals surface area contributed by atoms with Crippen LogP contribution in [-0.4, -0.2) is 12.9 Å². The van der Waals surface area contributed by atoms with Crippen molar-refractivity contribution in [2.24, 2.45) is 0 Å². The third-order valence-corrected chi connectivity index (χ3v) is 5.08. The summed E-state index contributed by atoms with van der Waals surface area (Å²) in [6, 6.07) is 19.2. The zero-order valence-corrected chi connectivity index (χ0v) is 14.4. The normalized spacial score (nSPS) is 12.1. The molecule has 0 N–H and O–H groups in total. The molecule has 0 aliphatic carbocycles. The van der Waals surface area contributed by atoms with Gasteiger partial charge in [-0.25, -0.2) is 0 Å². The molecule has 0 amide bonds. The number of hydrogen-bond donors (Lipinski definition) is 0. The lowest BCUT2D eigenvalue weighted by Gasteiger charge is -2.12. The van der Waals surface area contributed by atoms with E-state index < -0.39 is 0 Å². The Hall–Kier alpha value is -1.41. The molecule has 2 heteroatoms. The van der Waals surface area contributed by atoms with Crippen molar-refractivity contribution in [1.29, 1.82) is 0 Å². The molecular weight excluding hydrogens is 288 g/mol. The first-order chi connectivity index (χ1) is 10.8. The zero-order valence-electron chi connectivity index (χ0n) is 13.6. The maximum Gasteiger partial charge on any atom is 0.118 e. The number of rotatable bonds is 9. The fourth-order valence-corrected chi connectivity index (χ4v) is 3.47. The van der Waals surface area contributed by atoms with Gasteiger partial charge in [-0.3, -0.25) is 0 Å². The van der Waals surface area contributed by atoms with Gasteiger partial charge in [-0.2, -0.15) is 0 Å².